The Kier molecular flexibility index (Phi) is 4.15. The van der Waals surface area contributed by atoms with Gasteiger partial charge in [-0.15, -0.1) is 0 Å². The summed E-state index contributed by atoms with van der Waals surface area (Å²) in [5.41, 5.74) is -0.0250. The van der Waals surface area contributed by atoms with E-state index in [1.54, 1.807) is 6.92 Å². The molecule has 0 amide bonds. The van der Waals surface area contributed by atoms with Gasteiger partial charge in [0.15, 0.2) is 0 Å². The summed E-state index contributed by atoms with van der Waals surface area (Å²) in [6.45, 7) is 1.95. The fourth-order valence-electron chi connectivity index (χ4n) is 1.08. The predicted octanol–water partition coefficient (Wildman–Crippen LogP) is 2.12. The van der Waals surface area contributed by atoms with E-state index in [4.69, 9.17) is 0 Å². The topological polar surface area (TPSA) is 39.2 Å². The predicted molar refractivity (Wildman–Crippen MR) is 49.5 cm³/mol. The number of pyridine rings is 1. The van der Waals surface area contributed by atoms with Gasteiger partial charge < -0.3 is 4.74 Å². The minimum atomic E-state index is -2.62. The SMILES string of the molecule is CCOC(=O)Cc1cccc(C(F)F)n1. The van der Waals surface area contributed by atoms with Crippen LogP contribution in [-0.2, 0) is 16.0 Å². The van der Waals surface area contributed by atoms with Crippen LogP contribution in [0, 0.1) is 0 Å². The monoisotopic (exact) mass is 215 g/mol. The highest BCUT2D eigenvalue weighted by Gasteiger charge is 2.11. The van der Waals surface area contributed by atoms with Gasteiger partial charge in [0.2, 0.25) is 0 Å². The van der Waals surface area contributed by atoms with Gasteiger partial charge in [0.25, 0.3) is 6.43 Å². The third kappa shape index (κ3) is 3.61. The maximum Gasteiger partial charge on any atom is 0.311 e. The van der Waals surface area contributed by atoms with E-state index in [2.05, 4.69) is 9.72 Å². The number of ether oxygens (including phenoxy) is 1. The van der Waals surface area contributed by atoms with E-state index in [1.165, 1.54) is 18.2 Å². The fraction of sp³-hybridized carbons (Fsp3) is 0.400. The van der Waals surface area contributed by atoms with Crippen molar-refractivity contribution in [2.24, 2.45) is 0 Å². The number of esters is 1. The number of carbonyl (C=O) groups excluding carboxylic acids is 1. The summed E-state index contributed by atoms with van der Waals surface area (Å²) in [5, 5.41) is 0. The second-order valence-corrected chi connectivity index (χ2v) is 2.84. The molecule has 0 aliphatic heterocycles. The molecule has 5 heteroatoms. The lowest BCUT2D eigenvalue weighted by Gasteiger charge is -2.03. The summed E-state index contributed by atoms with van der Waals surface area (Å²) in [4.78, 5) is 14.7. The zero-order valence-corrected chi connectivity index (χ0v) is 8.24. The standard InChI is InChI=1S/C10H11F2NO2/c1-2-15-9(14)6-7-4-3-5-8(13-7)10(11)12/h3-5,10H,2,6H2,1H3. The van der Waals surface area contributed by atoms with E-state index in [0.29, 0.717) is 5.69 Å². The van der Waals surface area contributed by atoms with Crippen molar-refractivity contribution in [2.45, 2.75) is 19.8 Å². The van der Waals surface area contributed by atoms with Gasteiger partial charge >= 0.3 is 5.97 Å². The molecule has 0 atom stereocenters. The van der Waals surface area contributed by atoms with Crippen LogP contribution in [0.1, 0.15) is 24.7 Å². The number of carbonyl (C=O) groups is 1. The van der Waals surface area contributed by atoms with Crippen LogP contribution < -0.4 is 0 Å². The number of halogens is 2. The van der Waals surface area contributed by atoms with Gasteiger partial charge in [0.05, 0.1) is 18.7 Å². The Hall–Kier alpha value is -1.52. The first-order chi connectivity index (χ1) is 7.13. The molecular weight excluding hydrogens is 204 g/mol. The Morgan fingerprint density at radius 1 is 1.53 bits per heavy atom. The molecule has 0 bridgehead atoms. The van der Waals surface area contributed by atoms with Crippen molar-refractivity contribution >= 4 is 5.97 Å². The van der Waals surface area contributed by atoms with Gasteiger partial charge in [-0.3, -0.25) is 9.78 Å². The van der Waals surface area contributed by atoms with Crippen molar-refractivity contribution in [2.75, 3.05) is 6.61 Å². The highest BCUT2D eigenvalue weighted by molar-refractivity contribution is 5.71. The van der Waals surface area contributed by atoms with Gasteiger partial charge in [-0.05, 0) is 19.1 Å². The highest BCUT2D eigenvalue weighted by Crippen LogP contribution is 2.16. The summed E-state index contributed by atoms with van der Waals surface area (Å²) in [7, 11) is 0. The fourth-order valence-corrected chi connectivity index (χ4v) is 1.08. The lowest BCUT2D eigenvalue weighted by atomic mass is 10.2. The largest absolute Gasteiger partial charge is 0.466 e. The van der Waals surface area contributed by atoms with E-state index in [9.17, 15) is 13.6 Å². The number of nitrogens with zero attached hydrogens (tertiary/aromatic N) is 1. The molecule has 1 aromatic rings. The Bertz CT molecular complexity index is 342. The number of hydrogen-bond donors (Lipinski definition) is 0. The molecule has 0 aliphatic carbocycles. The highest BCUT2D eigenvalue weighted by atomic mass is 19.3. The van der Waals surface area contributed by atoms with Crippen molar-refractivity contribution in [1.82, 2.24) is 4.98 Å². The molecule has 0 saturated heterocycles. The smallest absolute Gasteiger partial charge is 0.311 e. The Balaban J connectivity index is 2.69. The average molecular weight is 215 g/mol. The molecule has 0 radical (unpaired) electrons. The Morgan fingerprint density at radius 3 is 2.87 bits per heavy atom. The van der Waals surface area contributed by atoms with Gasteiger partial charge in [-0.2, -0.15) is 0 Å². The van der Waals surface area contributed by atoms with Gasteiger partial charge in [-0.25, -0.2) is 8.78 Å². The van der Waals surface area contributed by atoms with Crippen LogP contribution in [0.4, 0.5) is 8.78 Å². The zero-order chi connectivity index (χ0) is 11.3. The molecule has 82 valence electrons. The van der Waals surface area contributed by atoms with Crippen LogP contribution in [0.15, 0.2) is 18.2 Å². The van der Waals surface area contributed by atoms with Crippen molar-refractivity contribution in [3.8, 4) is 0 Å². The third-order valence-electron chi connectivity index (χ3n) is 1.68. The molecule has 0 aliphatic rings. The third-order valence-corrected chi connectivity index (χ3v) is 1.68. The number of rotatable bonds is 4. The van der Waals surface area contributed by atoms with Crippen LogP contribution in [0.2, 0.25) is 0 Å². The molecule has 0 saturated carbocycles. The summed E-state index contributed by atoms with van der Waals surface area (Å²) < 4.78 is 29.2. The van der Waals surface area contributed by atoms with E-state index in [0.717, 1.165) is 0 Å². The van der Waals surface area contributed by atoms with Gasteiger partial charge in [0.1, 0.15) is 5.69 Å². The van der Waals surface area contributed by atoms with Gasteiger partial charge in [0, 0.05) is 0 Å². The quantitative estimate of drug-likeness (QED) is 0.722. The van der Waals surface area contributed by atoms with Crippen molar-refractivity contribution in [3.05, 3.63) is 29.6 Å². The molecular formula is C10H11F2NO2. The summed E-state index contributed by atoms with van der Waals surface area (Å²) in [5.74, 6) is -0.462. The number of alkyl halides is 2. The average Bonchev–Trinajstić information content (AvgIpc) is 2.18. The molecule has 0 unspecified atom stereocenters. The summed E-state index contributed by atoms with van der Waals surface area (Å²) >= 11 is 0. The molecule has 0 spiro atoms. The second-order valence-electron chi connectivity index (χ2n) is 2.84. The van der Waals surface area contributed by atoms with E-state index in [1.807, 2.05) is 0 Å². The molecule has 15 heavy (non-hydrogen) atoms. The van der Waals surface area contributed by atoms with Crippen LogP contribution in [0.3, 0.4) is 0 Å². The molecule has 0 aromatic carbocycles. The maximum absolute atomic E-state index is 12.3. The molecule has 1 rings (SSSR count). The molecule has 1 aromatic heterocycles. The van der Waals surface area contributed by atoms with E-state index in [-0.39, 0.29) is 18.7 Å². The lowest BCUT2D eigenvalue weighted by Crippen LogP contribution is -2.09. The first-order valence-corrected chi connectivity index (χ1v) is 4.53. The Morgan fingerprint density at radius 2 is 2.27 bits per heavy atom. The molecule has 0 N–H and O–H groups in total. The normalized spacial score (nSPS) is 10.4. The van der Waals surface area contributed by atoms with E-state index >= 15 is 0 Å². The van der Waals surface area contributed by atoms with Gasteiger partial charge in [-0.1, -0.05) is 6.07 Å². The van der Waals surface area contributed by atoms with E-state index < -0.39 is 12.4 Å². The minimum absolute atomic E-state index is 0.0750. The minimum Gasteiger partial charge on any atom is -0.466 e. The molecule has 1 heterocycles. The summed E-state index contributed by atoms with van der Waals surface area (Å²) in [6.07, 6.45) is -2.69. The molecule has 0 fully saturated rings. The first kappa shape index (κ1) is 11.6. The maximum atomic E-state index is 12.3. The lowest BCUT2D eigenvalue weighted by molar-refractivity contribution is -0.142. The van der Waals surface area contributed by atoms with Crippen molar-refractivity contribution < 1.29 is 18.3 Å². The van der Waals surface area contributed by atoms with Crippen LogP contribution in [0.5, 0.6) is 0 Å². The van der Waals surface area contributed by atoms with Crippen LogP contribution in [0.25, 0.3) is 0 Å². The number of hydrogen-bond acceptors (Lipinski definition) is 3. The first-order valence-electron chi connectivity index (χ1n) is 4.53. The van der Waals surface area contributed by atoms with Crippen molar-refractivity contribution in [1.29, 1.82) is 0 Å². The summed E-state index contributed by atoms with van der Waals surface area (Å²) in [6, 6.07) is 4.19. The van der Waals surface area contributed by atoms with Crippen molar-refractivity contribution in [3.63, 3.8) is 0 Å². The Labute approximate surface area is 86.1 Å². The number of aromatic nitrogens is 1. The van der Waals surface area contributed by atoms with Crippen LogP contribution >= 0.6 is 0 Å². The molecule has 3 nitrogen and oxygen atoms in total. The zero-order valence-electron chi connectivity index (χ0n) is 8.24. The second kappa shape index (κ2) is 5.38. The van der Waals surface area contributed by atoms with Crippen LogP contribution in [-0.4, -0.2) is 17.6 Å².